The quantitative estimate of drug-likeness (QED) is 0.256. The standard InChI is InChI=1S/C22H21N3O5/c1-14-9-10-17(11-20(14)25(28)29)21(26)13-30-22(27)12-19-15(2)23-24(16(19)3)18-7-5-4-6-8-18/h4-11H,12-13H2,1-3H3. The molecule has 0 unspecified atom stereocenters. The Morgan fingerprint density at radius 3 is 2.47 bits per heavy atom. The first-order chi connectivity index (χ1) is 14.3. The Balaban J connectivity index is 1.67. The van der Waals surface area contributed by atoms with Crippen molar-refractivity contribution in [3.63, 3.8) is 0 Å². The van der Waals surface area contributed by atoms with Crippen molar-refractivity contribution in [1.29, 1.82) is 0 Å². The minimum Gasteiger partial charge on any atom is -0.457 e. The second-order valence-corrected chi connectivity index (χ2v) is 6.92. The number of ketones is 1. The number of ether oxygens (including phenoxy) is 1. The number of hydrogen-bond donors (Lipinski definition) is 0. The summed E-state index contributed by atoms with van der Waals surface area (Å²) in [6.07, 6.45) is -0.0220. The topological polar surface area (TPSA) is 104 Å². The van der Waals surface area contributed by atoms with Gasteiger partial charge in [-0.2, -0.15) is 5.10 Å². The molecule has 8 heteroatoms. The van der Waals surface area contributed by atoms with E-state index in [9.17, 15) is 19.7 Å². The number of aromatic nitrogens is 2. The van der Waals surface area contributed by atoms with Crippen LogP contribution in [0.25, 0.3) is 5.69 Å². The lowest BCUT2D eigenvalue weighted by atomic mass is 10.1. The van der Waals surface area contributed by atoms with Crippen molar-refractivity contribution >= 4 is 17.4 Å². The first-order valence-electron chi connectivity index (χ1n) is 9.32. The Bertz CT molecular complexity index is 1120. The van der Waals surface area contributed by atoms with E-state index in [0.717, 1.165) is 16.9 Å². The third kappa shape index (κ3) is 4.43. The molecule has 3 aromatic rings. The predicted octanol–water partition coefficient (Wildman–Crippen LogP) is 3.67. The Morgan fingerprint density at radius 2 is 1.80 bits per heavy atom. The fourth-order valence-electron chi connectivity index (χ4n) is 3.16. The van der Waals surface area contributed by atoms with Crippen LogP contribution in [-0.4, -0.2) is 33.1 Å². The molecule has 154 valence electrons. The molecule has 0 atom stereocenters. The van der Waals surface area contributed by atoms with Crippen LogP contribution in [0.1, 0.15) is 32.9 Å². The third-order valence-corrected chi connectivity index (χ3v) is 4.86. The molecule has 0 N–H and O–H groups in total. The van der Waals surface area contributed by atoms with Crippen LogP contribution in [0.4, 0.5) is 5.69 Å². The molecule has 30 heavy (non-hydrogen) atoms. The van der Waals surface area contributed by atoms with E-state index >= 15 is 0 Å². The summed E-state index contributed by atoms with van der Waals surface area (Å²) in [5.74, 6) is -1.07. The molecule has 0 saturated carbocycles. The van der Waals surface area contributed by atoms with Crippen molar-refractivity contribution in [2.75, 3.05) is 6.61 Å². The van der Waals surface area contributed by atoms with Crippen LogP contribution in [0.3, 0.4) is 0 Å². The number of carbonyl (C=O) groups is 2. The molecular formula is C22H21N3O5. The fourth-order valence-corrected chi connectivity index (χ4v) is 3.16. The lowest BCUT2D eigenvalue weighted by Gasteiger charge is -2.07. The Labute approximate surface area is 173 Å². The zero-order valence-electron chi connectivity index (χ0n) is 16.9. The molecule has 1 aromatic heterocycles. The van der Waals surface area contributed by atoms with Crippen LogP contribution in [0.5, 0.6) is 0 Å². The van der Waals surface area contributed by atoms with Crippen LogP contribution < -0.4 is 0 Å². The minimum absolute atomic E-state index is 0.0220. The van der Waals surface area contributed by atoms with E-state index in [1.807, 2.05) is 44.2 Å². The van der Waals surface area contributed by atoms with Crippen LogP contribution in [0, 0.1) is 30.9 Å². The van der Waals surface area contributed by atoms with Gasteiger partial charge in [-0.05, 0) is 32.9 Å². The number of esters is 1. The van der Waals surface area contributed by atoms with Crippen molar-refractivity contribution < 1.29 is 19.2 Å². The highest BCUT2D eigenvalue weighted by atomic mass is 16.6. The largest absolute Gasteiger partial charge is 0.457 e. The number of hydrogen-bond acceptors (Lipinski definition) is 6. The van der Waals surface area contributed by atoms with E-state index in [1.54, 1.807) is 11.6 Å². The van der Waals surface area contributed by atoms with E-state index in [0.29, 0.717) is 11.3 Å². The van der Waals surface area contributed by atoms with Gasteiger partial charge in [0.25, 0.3) is 5.69 Å². The number of carbonyl (C=O) groups excluding carboxylic acids is 2. The van der Waals surface area contributed by atoms with Crippen molar-refractivity contribution in [2.45, 2.75) is 27.2 Å². The maximum atomic E-state index is 12.3. The van der Waals surface area contributed by atoms with E-state index in [-0.39, 0.29) is 17.7 Å². The van der Waals surface area contributed by atoms with Crippen molar-refractivity contribution in [3.8, 4) is 5.69 Å². The average molecular weight is 407 g/mol. The molecule has 3 rings (SSSR count). The number of rotatable bonds is 7. The second-order valence-electron chi connectivity index (χ2n) is 6.92. The number of Topliss-reactive ketones (excluding diaryl/α,β-unsaturated/α-hetero) is 1. The lowest BCUT2D eigenvalue weighted by molar-refractivity contribution is -0.385. The molecule has 1 heterocycles. The van der Waals surface area contributed by atoms with Crippen molar-refractivity contribution in [3.05, 3.63) is 86.7 Å². The molecule has 0 saturated heterocycles. The monoisotopic (exact) mass is 407 g/mol. The van der Waals surface area contributed by atoms with Crippen LogP contribution in [-0.2, 0) is 16.0 Å². The van der Waals surface area contributed by atoms with Gasteiger partial charge < -0.3 is 4.74 Å². The zero-order chi connectivity index (χ0) is 21.8. The minimum atomic E-state index is -0.566. The molecule has 0 aliphatic heterocycles. The van der Waals surface area contributed by atoms with Gasteiger partial charge in [-0.25, -0.2) is 4.68 Å². The summed E-state index contributed by atoms with van der Waals surface area (Å²) >= 11 is 0. The molecule has 0 spiro atoms. The predicted molar refractivity (Wildman–Crippen MR) is 110 cm³/mol. The van der Waals surface area contributed by atoms with Crippen LogP contribution >= 0.6 is 0 Å². The van der Waals surface area contributed by atoms with Gasteiger partial charge in [0, 0.05) is 28.5 Å². The first kappa shape index (κ1) is 20.9. The fraction of sp³-hybridized carbons (Fsp3) is 0.227. The Hall–Kier alpha value is -3.81. The molecule has 2 aromatic carbocycles. The van der Waals surface area contributed by atoms with E-state index in [4.69, 9.17) is 4.74 Å². The maximum absolute atomic E-state index is 12.3. The molecule has 0 radical (unpaired) electrons. The smallest absolute Gasteiger partial charge is 0.310 e. The van der Waals surface area contributed by atoms with Gasteiger partial charge in [0.05, 0.1) is 22.7 Å². The van der Waals surface area contributed by atoms with Gasteiger partial charge in [-0.3, -0.25) is 19.7 Å². The summed E-state index contributed by atoms with van der Waals surface area (Å²) in [6, 6.07) is 13.7. The number of nitro benzene ring substituents is 1. The maximum Gasteiger partial charge on any atom is 0.310 e. The summed E-state index contributed by atoms with van der Waals surface area (Å²) in [5.41, 5.74) is 3.58. The molecular weight excluding hydrogens is 386 g/mol. The number of nitro groups is 1. The van der Waals surface area contributed by atoms with Crippen molar-refractivity contribution in [1.82, 2.24) is 9.78 Å². The van der Waals surface area contributed by atoms with Crippen molar-refractivity contribution in [2.24, 2.45) is 0 Å². The van der Waals surface area contributed by atoms with Crippen LogP contribution in [0.2, 0.25) is 0 Å². The zero-order valence-corrected chi connectivity index (χ0v) is 16.9. The highest BCUT2D eigenvalue weighted by molar-refractivity contribution is 5.98. The highest BCUT2D eigenvalue weighted by Gasteiger charge is 2.19. The Kier molecular flexibility index (Phi) is 6.06. The van der Waals surface area contributed by atoms with E-state index < -0.39 is 23.3 Å². The summed E-state index contributed by atoms with van der Waals surface area (Å²) in [6.45, 7) is 4.79. The third-order valence-electron chi connectivity index (χ3n) is 4.86. The SMILES string of the molecule is Cc1ccc(C(=O)COC(=O)Cc2c(C)nn(-c3ccccc3)c2C)cc1[N+](=O)[O-]. The van der Waals surface area contributed by atoms with Gasteiger partial charge in [-0.15, -0.1) is 0 Å². The number of nitrogens with zero attached hydrogens (tertiary/aromatic N) is 3. The summed E-state index contributed by atoms with van der Waals surface area (Å²) in [5, 5.41) is 15.5. The lowest BCUT2D eigenvalue weighted by Crippen LogP contribution is -2.16. The van der Waals surface area contributed by atoms with Gasteiger partial charge >= 0.3 is 5.97 Å². The second kappa shape index (κ2) is 8.69. The Morgan fingerprint density at radius 1 is 1.10 bits per heavy atom. The number of aryl methyl sites for hydroxylation is 2. The van der Waals surface area contributed by atoms with E-state index in [1.165, 1.54) is 18.2 Å². The average Bonchev–Trinajstić information content (AvgIpc) is 3.01. The van der Waals surface area contributed by atoms with Gasteiger partial charge in [0.1, 0.15) is 0 Å². The molecule has 0 amide bonds. The van der Waals surface area contributed by atoms with Gasteiger partial charge in [-0.1, -0.05) is 30.3 Å². The van der Waals surface area contributed by atoms with Gasteiger partial charge in [0.2, 0.25) is 5.78 Å². The van der Waals surface area contributed by atoms with Crippen LogP contribution in [0.15, 0.2) is 48.5 Å². The van der Waals surface area contributed by atoms with E-state index in [2.05, 4.69) is 5.10 Å². The molecule has 0 fully saturated rings. The number of para-hydroxylation sites is 1. The molecule has 0 aliphatic rings. The first-order valence-corrected chi connectivity index (χ1v) is 9.32. The summed E-state index contributed by atoms with van der Waals surface area (Å²) in [4.78, 5) is 35.1. The molecule has 8 nitrogen and oxygen atoms in total. The number of benzene rings is 2. The molecule has 0 aliphatic carbocycles. The highest BCUT2D eigenvalue weighted by Crippen LogP contribution is 2.20. The summed E-state index contributed by atoms with van der Waals surface area (Å²) < 4.78 is 6.88. The summed E-state index contributed by atoms with van der Waals surface area (Å²) in [7, 11) is 0. The normalized spacial score (nSPS) is 10.6. The van der Waals surface area contributed by atoms with Gasteiger partial charge in [0.15, 0.2) is 6.61 Å². The molecule has 0 bridgehead atoms.